The van der Waals surface area contributed by atoms with Crippen LogP contribution in [0.2, 0.25) is 0 Å². The van der Waals surface area contributed by atoms with Crippen molar-refractivity contribution in [3.8, 4) is 0 Å². The van der Waals surface area contributed by atoms with E-state index >= 15 is 0 Å². The Labute approximate surface area is 179 Å². The van der Waals surface area contributed by atoms with Crippen LogP contribution in [0.5, 0.6) is 0 Å². The van der Waals surface area contributed by atoms with Crippen LogP contribution in [0.15, 0.2) is 58.3 Å². The summed E-state index contributed by atoms with van der Waals surface area (Å²) in [7, 11) is 0. The summed E-state index contributed by atoms with van der Waals surface area (Å²) in [6.45, 7) is 6.16. The van der Waals surface area contributed by atoms with Crippen molar-refractivity contribution >= 4 is 34.9 Å². The Bertz CT molecular complexity index is 978. The van der Waals surface area contributed by atoms with Gasteiger partial charge in [0, 0.05) is 10.9 Å². The van der Waals surface area contributed by atoms with Crippen LogP contribution in [-0.4, -0.2) is 23.3 Å². The molecule has 3 aromatic rings. The number of Topliss-reactive ketones (excluding diaryl/α,β-unsaturated/α-hetero) is 1. The van der Waals surface area contributed by atoms with E-state index in [-0.39, 0.29) is 18.2 Å². The average Bonchev–Trinajstić information content (AvgIpc) is 3.14. The molecule has 0 radical (unpaired) electrons. The number of nitrogens with zero attached hydrogens (tertiary/aromatic N) is 1. The van der Waals surface area contributed by atoms with E-state index in [1.165, 1.54) is 23.1 Å². The first kappa shape index (κ1) is 21.3. The highest BCUT2D eigenvalue weighted by atomic mass is 32.2. The van der Waals surface area contributed by atoms with Crippen LogP contribution in [0.1, 0.15) is 44.9 Å². The number of thioether (sulfide) groups is 1. The number of thiazole rings is 1. The van der Waals surface area contributed by atoms with Crippen molar-refractivity contribution in [3.05, 3.63) is 81.9 Å². The molecule has 0 bridgehead atoms. The molecule has 0 N–H and O–H groups in total. The van der Waals surface area contributed by atoms with Gasteiger partial charge in [0.15, 0.2) is 10.1 Å². The number of carbonyl (C=O) groups is 2. The minimum atomic E-state index is -0.403. The van der Waals surface area contributed by atoms with Gasteiger partial charge in [-0.3, -0.25) is 9.59 Å². The van der Waals surface area contributed by atoms with Crippen LogP contribution in [0.3, 0.4) is 0 Å². The zero-order valence-electron chi connectivity index (χ0n) is 16.7. The lowest BCUT2D eigenvalue weighted by atomic mass is 10.0. The summed E-state index contributed by atoms with van der Waals surface area (Å²) < 4.78 is 5.75. The number of benzene rings is 2. The molecule has 6 heteroatoms. The molecule has 0 fully saturated rings. The van der Waals surface area contributed by atoms with Crippen molar-refractivity contribution in [3.63, 3.8) is 0 Å². The van der Waals surface area contributed by atoms with Crippen molar-refractivity contribution in [1.29, 1.82) is 0 Å². The van der Waals surface area contributed by atoms with Gasteiger partial charge >= 0.3 is 5.97 Å². The van der Waals surface area contributed by atoms with Crippen molar-refractivity contribution in [2.75, 3.05) is 6.61 Å². The highest BCUT2D eigenvalue weighted by molar-refractivity contribution is 8.01. The van der Waals surface area contributed by atoms with Crippen molar-refractivity contribution in [2.45, 2.75) is 36.8 Å². The first-order valence-corrected chi connectivity index (χ1v) is 11.2. The monoisotopic (exact) mass is 425 g/mol. The summed E-state index contributed by atoms with van der Waals surface area (Å²) in [4.78, 5) is 29.5. The van der Waals surface area contributed by atoms with Gasteiger partial charge in [-0.15, -0.1) is 11.3 Å². The molecule has 1 aromatic heterocycles. The van der Waals surface area contributed by atoms with Gasteiger partial charge in [0.05, 0.1) is 24.0 Å². The molecule has 1 unspecified atom stereocenters. The number of hydrogen-bond acceptors (Lipinski definition) is 6. The maximum Gasteiger partial charge on any atom is 0.311 e. The Morgan fingerprint density at radius 3 is 2.28 bits per heavy atom. The number of rotatable bonds is 8. The summed E-state index contributed by atoms with van der Waals surface area (Å²) in [5, 5.41) is 1.45. The molecule has 0 saturated carbocycles. The van der Waals surface area contributed by atoms with Gasteiger partial charge in [-0.25, -0.2) is 4.98 Å². The lowest BCUT2D eigenvalue weighted by molar-refractivity contribution is -0.142. The SMILES string of the molecule is CCOC(=O)Cc1csc(SC(C(=O)c2ccc(C)cc2)c2ccc(C)cc2)n1. The second-order valence-electron chi connectivity index (χ2n) is 6.73. The molecule has 0 amide bonds. The summed E-state index contributed by atoms with van der Waals surface area (Å²) in [5.74, 6) is -0.249. The van der Waals surface area contributed by atoms with Crippen molar-refractivity contribution < 1.29 is 14.3 Å². The molecule has 0 aliphatic heterocycles. The third-order valence-electron chi connectivity index (χ3n) is 4.33. The molecule has 0 aliphatic carbocycles. The third kappa shape index (κ3) is 5.78. The van der Waals surface area contributed by atoms with Gasteiger partial charge in [0.2, 0.25) is 0 Å². The number of aryl methyl sites for hydroxylation is 2. The quantitative estimate of drug-likeness (QED) is 0.268. The smallest absolute Gasteiger partial charge is 0.311 e. The highest BCUT2D eigenvalue weighted by Crippen LogP contribution is 2.39. The summed E-state index contributed by atoms with van der Waals surface area (Å²) >= 11 is 2.86. The van der Waals surface area contributed by atoms with Crippen LogP contribution in [0.4, 0.5) is 0 Å². The molecular formula is C23H23NO3S2. The largest absolute Gasteiger partial charge is 0.466 e. The van der Waals surface area contributed by atoms with Gasteiger partial charge in [-0.1, -0.05) is 71.4 Å². The summed E-state index contributed by atoms with van der Waals surface area (Å²) in [6.07, 6.45) is 0.145. The fraction of sp³-hybridized carbons (Fsp3) is 0.261. The highest BCUT2D eigenvalue weighted by Gasteiger charge is 2.25. The fourth-order valence-electron chi connectivity index (χ4n) is 2.77. The van der Waals surface area contributed by atoms with E-state index in [2.05, 4.69) is 4.98 Å². The number of aromatic nitrogens is 1. The van der Waals surface area contributed by atoms with E-state index in [4.69, 9.17) is 4.74 Å². The molecular weight excluding hydrogens is 402 g/mol. The van der Waals surface area contributed by atoms with Gasteiger partial charge in [-0.05, 0) is 26.3 Å². The van der Waals surface area contributed by atoms with Crippen LogP contribution >= 0.6 is 23.1 Å². The van der Waals surface area contributed by atoms with E-state index in [9.17, 15) is 9.59 Å². The second kappa shape index (κ2) is 9.85. The standard InChI is InChI=1S/C23H23NO3S2/c1-4-27-20(25)13-19-14-28-23(24-19)29-22(18-11-7-16(3)8-12-18)21(26)17-9-5-15(2)6-10-17/h5-12,14,22H,4,13H2,1-3H3. The number of carbonyl (C=O) groups excluding carboxylic acids is 2. The van der Waals surface area contributed by atoms with E-state index in [1.54, 1.807) is 6.92 Å². The fourth-order valence-corrected chi connectivity index (χ4v) is 4.87. The van der Waals surface area contributed by atoms with Crippen molar-refractivity contribution in [1.82, 2.24) is 4.98 Å². The van der Waals surface area contributed by atoms with E-state index in [1.807, 2.05) is 67.8 Å². The Hall–Kier alpha value is -2.44. The zero-order valence-corrected chi connectivity index (χ0v) is 18.3. The van der Waals surface area contributed by atoms with Crippen LogP contribution in [-0.2, 0) is 16.0 Å². The maximum atomic E-state index is 13.3. The van der Waals surface area contributed by atoms with Crippen LogP contribution in [0.25, 0.3) is 0 Å². The molecule has 150 valence electrons. The minimum Gasteiger partial charge on any atom is -0.466 e. The minimum absolute atomic E-state index is 0.0426. The summed E-state index contributed by atoms with van der Waals surface area (Å²) in [6, 6.07) is 15.6. The van der Waals surface area contributed by atoms with Gasteiger partial charge in [-0.2, -0.15) is 0 Å². The molecule has 1 atom stereocenters. The summed E-state index contributed by atoms with van der Waals surface area (Å²) in [5.41, 5.74) is 4.54. The van der Waals surface area contributed by atoms with Crippen LogP contribution in [0, 0.1) is 13.8 Å². The normalized spacial score (nSPS) is 11.8. The molecule has 0 spiro atoms. The number of hydrogen-bond donors (Lipinski definition) is 0. The first-order valence-electron chi connectivity index (χ1n) is 9.40. The number of ketones is 1. The Morgan fingerprint density at radius 2 is 1.66 bits per heavy atom. The van der Waals surface area contributed by atoms with Gasteiger partial charge < -0.3 is 4.74 Å². The Morgan fingerprint density at radius 1 is 1.03 bits per heavy atom. The topological polar surface area (TPSA) is 56.3 Å². The molecule has 0 aliphatic rings. The zero-order chi connectivity index (χ0) is 20.8. The predicted molar refractivity (Wildman–Crippen MR) is 118 cm³/mol. The molecule has 4 nitrogen and oxygen atoms in total. The number of esters is 1. The van der Waals surface area contributed by atoms with Gasteiger partial charge in [0.25, 0.3) is 0 Å². The molecule has 0 saturated heterocycles. The first-order chi connectivity index (χ1) is 14.0. The van der Waals surface area contributed by atoms with Crippen molar-refractivity contribution in [2.24, 2.45) is 0 Å². The lowest BCUT2D eigenvalue weighted by Crippen LogP contribution is -2.10. The number of ether oxygens (including phenoxy) is 1. The molecule has 1 heterocycles. The molecule has 3 rings (SSSR count). The van der Waals surface area contributed by atoms with Crippen LogP contribution < -0.4 is 0 Å². The van der Waals surface area contributed by atoms with Gasteiger partial charge in [0.1, 0.15) is 0 Å². The lowest BCUT2D eigenvalue weighted by Gasteiger charge is -2.15. The van der Waals surface area contributed by atoms with E-state index < -0.39 is 5.25 Å². The molecule has 29 heavy (non-hydrogen) atoms. The van der Waals surface area contributed by atoms with E-state index in [0.29, 0.717) is 17.9 Å². The second-order valence-corrected chi connectivity index (χ2v) is 8.94. The predicted octanol–water partition coefficient (Wildman–Crippen LogP) is 5.58. The third-order valence-corrected chi connectivity index (χ3v) is 6.61. The Kier molecular flexibility index (Phi) is 7.23. The Balaban J connectivity index is 1.85. The van der Waals surface area contributed by atoms with E-state index in [0.717, 1.165) is 21.0 Å². The average molecular weight is 426 g/mol. The maximum absolute atomic E-state index is 13.3. The molecule has 2 aromatic carbocycles.